The molecule has 190 valence electrons. The van der Waals surface area contributed by atoms with E-state index in [2.05, 4.69) is 6.92 Å². The molecule has 0 aliphatic heterocycles. The van der Waals surface area contributed by atoms with Gasteiger partial charge in [-0.15, -0.1) is 0 Å². The number of hydrogen-bond acceptors (Lipinski definition) is 1. The first-order valence-electron chi connectivity index (χ1n) is 14.3. The zero-order valence-corrected chi connectivity index (χ0v) is 21.5. The Kier molecular flexibility index (Phi) is 9.48. The molecule has 0 amide bonds. The Morgan fingerprint density at radius 1 is 0.824 bits per heavy atom. The van der Waals surface area contributed by atoms with Crippen molar-refractivity contribution in [3.8, 4) is 5.75 Å². The maximum atomic E-state index is 14.5. The van der Waals surface area contributed by atoms with E-state index in [-0.39, 0.29) is 18.3 Å². The highest BCUT2D eigenvalue weighted by atomic mass is 19.1. The normalized spacial score (nSPS) is 32.0. The lowest BCUT2D eigenvalue weighted by Crippen LogP contribution is -2.34. The molecule has 0 bridgehead atoms. The van der Waals surface area contributed by atoms with Crippen LogP contribution in [0.3, 0.4) is 0 Å². The van der Waals surface area contributed by atoms with Crippen LogP contribution in [0.5, 0.6) is 5.75 Å². The average molecular weight is 473 g/mol. The highest BCUT2D eigenvalue weighted by Crippen LogP contribution is 2.50. The van der Waals surface area contributed by atoms with Crippen molar-refractivity contribution in [2.75, 3.05) is 6.61 Å². The summed E-state index contributed by atoms with van der Waals surface area (Å²) in [5, 5.41) is 0. The molecule has 3 aliphatic carbocycles. The van der Waals surface area contributed by atoms with Crippen LogP contribution in [0.15, 0.2) is 24.3 Å². The predicted molar refractivity (Wildman–Crippen MR) is 137 cm³/mol. The van der Waals surface area contributed by atoms with E-state index in [1.807, 2.05) is 13.0 Å². The van der Waals surface area contributed by atoms with Gasteiger partial charge in [-0.2, -0.15) is 0 Å². The van der Waals surface area contributed by atoms with Gasteiger partial charge in [0.15, 0.2) is 17.4 Å². The van der Waals surface area contributed by atoms with Crippen LogP contribution in [0.2, 0.25) is 0 Å². The van der Waals surface area contributed by atoms with Gasteiger partial charge in [-0.1, -0.05) is 51.2 Å². The monoisotopic (exact) mass is 472 g/mol. The number of unbranched alkanes of at least 4 members (excludes halogenated alkanes) is 2. The van der Waals surface area contributed by atoms with Gasteiger partial charge < -0.3 is 4.74 Å². The molecule has 0 radical (unpaired) electrons. The van der Waals surface area contributed by atoms with Crippen LogP contribution in [0, 0.1) is 41.2 Å². The molecule has 0 saturated heterocycles. The number of rotatable bonds is 9. The SMILES string of the molecule is C/C=C/COc1c(F)cc(C2CCC(C3CCC4CC(CCCCC)CCC4C3)CC2)cc1F. The van der Waals surface area contributed by atoms with Crippen molar-refractivity contribution in [3.05, 3.63) is 41.5 Å². The van der Waals surface area contributed by atoms with E-state index in [1.54, 1.807) is 6.08 Å². The molecule has 1 aromatic carbocycles. The van der Waals surface area contributed by atoms with E-state index in [9.17, 15) is 8.78 Å². The van der Waals surface area contributed by atoms with Crippen molar-refractivity contribution in [3.63, 3.8) is 0 Å². The van der Waals surface area contributed by atoms with Gasteiger partial charge >= 0.3 is 0 Å². The van der Waals surface area contributed by atoms with Gasteiger partial charge in [0.2, 0.25) is 0 Å². The molecule has 0 spiro atoms. The Bertz CT molecular complexity index is 772. The molecule has 34 heavy (non-hydrogen) atoms. The second-order valence-corrected chi connectivity index (χ2v) is 11.6. The molecule has 1 nitrogen and oxygen atoms in total. The van der Waals surface area contributed by atoms with Crippen molar-refractivity contribution >= 4 is 0 Å². The van der Waals surface area contributed by atoms with E-state index in [4.69, 9.17) is 4.74 Å². The molecule has 0 aromatic heterocycles. The Hall–Kier alpha value is -1.38. The van der Waals surface area contributed by atoms with Gasteiger partial charge in [0.1, 0.15) is 6.61 Å². The van der Waals surface area contributed by atoms with Crippen LogP contribution in [0.1, 0.15) is 115 Å². The highest BCUT2D eigenvalue weighted by molar-refractivity contribution is 5.33. The van der Waals surface area contributed by atoms with Gasteiger partial charge in [0.05, 0.1) is 0 Å². The van der Waals surface area contributed by atoms with Crippen LogP contribution in [0.25, 0.3) is 0 Å². The molecule has 4 rings (SSSR count). The van der Waals surface area contributed by atoms with Crippen molar-refractivity contribution in [1.82, 2.24) is 0 Å². The number of ether oxygens (including phenoxy) is 1. The lowest BCUT2D eigenvalue weighted by Gasteiger charge is -2.45. The van der Waals surface area contributed by atoms with E-state index in [1.165, 1.54) is 89.2 Å². The van der Waals surface area contributed by atoms with Gasteiger partial charge in [0, 0.05) is 0 Å². The van der Waals surface area contributed by atoms with Crippen molar-refractivity contribution in [1.29, 1.82) is 0 Å². The summed E-state index contributed by atoms with van der Waals surface area (Å²) >= 11 is 0. The van der Waals surface area contributed by atoms with E-state index in [0.717, 1.165) is 48.0 Å². The van der Waals surface area contributed by atoms with Gasteiger partial charge in [-0.3, -0.25) is 0 Å². The largest absolute Gasteiger partial charge is 0.483 e. The Morgan fingerprint density at radius 3 is 2.12 bits per heavy atom. The molecule has 3 saturated carbocycles. The molecular weight excluding hydrogens is 426 g/mol. The van der Waals surface area contributed by atoms with Gasteiger partial charge in [-0.05, 0) is 118 Å². The average Bonchev–Trinajstić information content (AvgIpc) is 2.85. The maximum Gasteiger partial charge on any atom is 0.191 e. The first-order valence-corrected chi connectivity index (χ1v) is 14.3. The Labute approximate surface area is 206 Å². The second-order valence-electron chi connectivity index (χ2n) is 11.6. The topological polar surface area (TPSA) is 9.23 Å². The third kappa shape index (κ3) is 6.43. The summed E-state index contributed by atoms with van der Waals surface area (Å²) < 4.78 is 34.4. The first-order chi connectivity index (χ1) is 16.6. The number of benzene rings is 1. The summed E-state index contributed by atoms with van der Waals surface area (Å²) in [6, 6.07) is 3.03. The van der Waals surface area contributed by atoms with Crippen molar-refractivity contribution in [2.24, 2.45) is 29.6 Å². The van der Waals surface area contributed by atoms with Crippen molar-refractivity contribution in [2.45, 2.75) is 110 Å². The summed E-state index contributed by atoms with van der Waals surface area (Å²) in [6.45, 7) is 4.36. The predicted octanol–water partition coefficient (Wildman–Crippen LogP) is 9.61. The summed E-state index contributed by atoms with van der Waals surface area (Å²) in [5.41, 5.74) is 0.817. The first kappa shape index (κ1) is 25.7. The molecule has 0 N–H and O–H groups in total. The summed E-state index contributed by atoms with van der Waals surface area (Å²) in [5.74, 6) is 3.57. The van der Waals surface area contributed by atoms with Gasteiger partial charge in [0.25, 0.3) is 0 Å². The lowest BCUT2D eigenvalue weighted by atomic mass is 9.60. The van der Waals surface area contributed by atoms with Crippen molar-refractivity contribution < 1.29 is 13.5 Å². The minimum Gasteiger partial charge on any atom is -0.483 e. The minimum atomic E-state index is -0.565. The zero-order chi connectivity index (χ0) is 23.9. The molecule has 3 heteroatoms. The van der Waals surface area contributed by atoms with Crippen LogP contribution < -0.4 is 4.74 Å². The third-order valence-corrected chi connectivity index (χ3v) is 9.47. The fourth-order valence-electron chi connectivity index (χ4n) is 7.50. The number of halogens is 2. The fraction of sp³-hybridized carbons (Fsp3) is 0.742. The Balaban J connectivity index is 1.25. The lowest BCUT2D eigenvalue weighted by molar-refractivity contribution is 0.0613. The smallest absolute Gasteiger partial charge is 0.191 e. The summed E-state index contributed by atoms with van der Waals surface area (Å²) in [7, 11) is 0. The second kappa shape index (κ2) is 12.5. The highest BCUT2D eigenvalue weighted by Gasteiger charge is 2.38. The molecule has 3 fully saturated rings. The fourth-order valence-corrected chi connectivity index (χ4v) is 7.50. The van der Waals surface area contributed by atoms with E-state index in [0.29, 0.717) is 0 Å². The molecular formula is C31H46F2O. The summed E-state index contributed by atoms with van der Waals surface area (Å²) in [6.07, 6.45) is 22.5. The van der Waals surface area contributed by atoms with Crippen LogP contribution in [-0.2, 0) is 0 Å². The minimum absolute atomic E-state index is 0.192. The van der Waals surface area contributed by atoms with Gasteiger partial charge in [-0.25, -0.2) is 8.78 Å². The van der Waals surface area contributed by atoms with Crippen LogP contribution in [-0.4, -0.2) is 6.61 Å². The zero-order valence-electron chi connectivity index (χ0n) is 21.5. The molecule has 0 heterocycles. The van der Waals surface area contributed by atoms with Crippen LogP contribution in [0.4, 0.5) is 8.78 Å². The van der Waals surface area contributed by atoms with E-state index < -0.39 is 11.6 Å². The molecule has 1 aromatic rings. The van der Waals surface area contributed by atoms with E-state index >= 15 is 0 Å². The number of allylic oxidation sites excluding steroid dienone is 1. The number of hydrogen-bond donors (Lipinski definition) is 0. The molecule has 4 atom stereocenters. The molecule has 3 aliphatic rings. The molecule has 4 unspecified atom stereocenters. The summed E-state index contributed by atoms with van der Waals surface area (Å²) in [4.78, 5) is 0. The Morgan fingerprint density at radius 2 is 1.44 bits per heavy atom. The third-order valence-electron chi connectivity index (χ3n) is 9.47. The maximum absolute atomic E-state index is 14.5. The van der Waals surface area contributed by atoms with Crippen LogP contribution >= 0.6 is 0 Å². The standard InChI is InChI=1S/C31H46F2O/c1-3-5-7-8-22-9-10-27-19-26(16-15-25(27)18-22)23-11-13-24(14-12-23)28-20-29(32)31(30(33)21-28)34-17-6-4-2/h4,6,20-27H,3,5,7-19H2,1-2H3/b6-4+. The number of fused-ring (bicyclic) bond motifs is 1. The quantitative estimate of drug-likeness (QED) is 0.257.